The maximum Gasteiger partial charge on any atom is 0.300 e. The Labute approximate surface area is 141 Å². The number of rotatable bonds is 5. The molecule has 0 fully saturated rings. The van der Waals surface area contributed by atoms with Crippen LogP contribution in [0.3, 0.4) is 0 Å². The molecule has 0 saturated carbocycles. The second-order valence-corrected chi connectivity index (χ2v) is 5.34. The smallest absolute Gasteiger partial charge is 0.300 e. The van der Waals surface area contributed by atoms with Gasteiger partial charge in [0.1, 0.15) is 5.69 Å². The zero-order valence-corrected chi connectivity index (χ0v) is 13.3. The second kappa shape index (κ2) is 6.93. The van der Waals surface area contributed by atoms with Crippen molar-refractivity contribution < 1.29 is 19.8 Å². The van der Waals surface area contributed by atoms with E-state index in [1.165, 1.54) is 5.48 Å². The molecule has 0 aliphatic carbocycles. The minimum Gasteiger partial charge on any atom is -0.349 e. The number of hydroxylamine groups is 1. The monoisotopic (exact) mass is 346 g/mol. The predicted molar refractivity (Wildman–Crippen MR) is 88.2 cm³/mol. The Bertz CT molecular complexity index is 860. The molecule has 0 unspecified atom stereocenters. The first kappa shape index (κ1) is 17.8. The molecule has 0 aromatic heterocycles. The molecule has 0 saturated heterocycles. The highest BCUT2D eigenvalue weighted by atomic mass is 16.6. The Morgan fingerprint density at radius 1 is 1.00 bits per heavy atom. The van der Waals surface area contributed by atoms with Crippen molar-refractivity contribution in [2.24, 2.45) is 0 Å². The van der Waals surface area contributed by atoms with Crippen molar-refractivity contribution in [1.82, 2.24) is 5.48 Å². The summed E-state index contributed by atoms with van der Waals surface area (Å²) in [6, 6.07) is 6.87. The number of aryl methyl sites for hydroxylation is 2. The largest absolute Gasteiger partial charge is 0.349 e. The summed E-state index contributed by atoms with van der Waals surface area (Å²) in [7, 11) is 0. The molecule has 10 heteroatoms. The Morgan fingerprint density at radius 3 is 2.08 bits per heavy atom. The van der Waals surface area contributed by atoms with Crippen molar-refractivity contribution >= 4 is 28.7 Å². The van der Waals surface area contributed by atoms with Crippen LogP contribution in [0.4, 0.5) is 22.7 Å². The van der Waals surface area contributed by atoms with Crippen LogP contribution in [0.1, 0.15) is 21.5 Å². The molecule has 0 heterocycles. The molecule has 0 atom stereocenters. The summed E-state index contributed by atoms with van der Waals surface area (Å²) in [6.07, 6.45) is 0. The van der Waals surface area contributed by atoms with Gasteiger partial charge in [-0.2, -0.15) is 0 Å². The van der Waals surface area contributed by atoms with Gasteiger partial charge < -0.3 is 5.32 Å². The lowest BCUT2D eigenvalue weighted by atomic mass is 10.1. The minimum absolute atomic E-state index is 0.257. The van der Waals surface area contributed by atoms with Crippen molar-refractivity contribution in [1.29, 1.82) is 0 Å². The number of benzene rings is 2. The highest BCUT2D eigenvalue weighted by Gasteiger charge is 2.27. The van der Waals surface area contributed by atoms with E-state index in [4.69, 9.17) is 5.21 Å². The van der Waals surface area contributed by atoms with E-state index in [0.717, 1.165) is 23.3 Å². The van der Waals surface area contributed by atoms with Gasteiger partial charge in [0.05, 0.1) is 21.5 Å². The molecule has 2 aromatic rings. The Balaban J connectivity index is 2.70. The summed E-state index contributed by atoms with van der Waals surface area (Å²) in [5, 5.41) is 33.9. The zero-order valence-electron chi connectivity index (χ0n) is 13.3. The number of nitrogens with zero attached hydrogens (tertiary/aromatic N) is 2. The number of hydrogen-bond acceptors (Lipinski definition) is 7. The topological polar surface area (TPSA) is 148 Å². The number of hydrogen-bond donors (Lipinski definition) is 3. The lowest BCUT2D eigenvalue weighted by Gasteiger charge is -2.12. The van der Waals surface area contributed by atoms with Gasteiger partial charge >= 0.3 is 0 Å². The van der Waals surface area contributed by atoms with Gasteiger partial charge in [-0.15, -0.1) is 0 Å². The van der Waals surface area contributed by atoms with E-state index in [1.54, 1.807) is 12.1 Å². The summed E-state index contributed by atoms with van der Waals surface area (Å²) < 4.78 is 0. The van der Waals surface area contributed by atoms with Crippen LogP contribution in [0, 0.1) is 34.1 Å². The molecule has 2 rings (SSSR count). The molecule has 3 N–H and O–H groups in total. The molecule has 0 aliphatic rings. The van der Waals surface area contributed by atoms with Crippen molar-refractivity contribution in [3.8, 4) is 0 Å². The van der Waals surface area contributed by atoms with Crippen LogP contribution < -0.4 is 10.8 Å². The van der Waals surface area contributed by atoms with Gasteiger partial charge in [-0.25, -0.2) is 5.48 Å². The SMILES string of the molecule is Cc1cc(C)cc(Nc2c(C(=O)NO)cc([N+](=O)[O-])cc2[N+](=O)[O-])c1. The Kier molecular flexibility index (Phi) is 4.94. The second-order valence-electron chi connectivity index (χ2n) is 5.34. The average molecular weight is 346 g/mol. The van der Waals surface area contributed by atoms with Crippen molar-refractivity contribution in [3.05, 3.63) is 67.3 Å². The van der Waals surface area contributed by atoms with Crippen molar-refractivity contribution in [2.45, 2.75) is 13.8 Å². The number of carbonyl (C=O) groups excluding carboxylic acids is 1. The van der Waals surface area contributed by atoms with Crippen LogP contribution in [0.25, 0.3) is 0 Å². The molecule has 1 amide bonds. The first-order valence-corrected chi connectivity index (χ1v) is 6.99. The summed E-state index contributed by atoms with van der Waals surface area (Å²) >= 11 is 0. The van der Waals surface area contributed by atoms with E-state index in [0.29, 0.717) is 5.69 Å². The third-order valence-corrected chi connectivity index (χ3v) is 3.35. The van der Waals surface area contributed by atoms with Gasteiger partial charge in [-0.3, -0.25) is 30.2 Å². The van der Waals surface area contributed by atoms with Crippen LogP contribution in [0.15, 0.2) is 30.3 Å². The Morgan fingerprint density at radius 2 is 1.60 bits per heavy atom. The number of amides is 1. The standard InChI is InChI=1S/C15H14N4O6/c1-8-3-9(2)5-10(4-8)16-14-12(15(20)17-21)6-11(18(22)23)7-13(14)19(24)25/h3-7,16,21H,1-2H3,(H,17,20). The molecule has 0 aliphatic heterocycles. The molecular formula is C15H14N4O6. The van der Waals surface area contributed by atoms with Crippen molar-refractivity contribution in [2.75, 3.05) is 5.32 Å². The van der Waals surface area contributed by atoms with Gasteiger partial charge in [0.15, 0.2) is 0 Å². The van der Waals surface area contributed by atoms with Crippen LogP contribution in [0.2, 0.25) is 0 Å². The summed E-state index contributed by atoms with van der Waals surface area (Å²) in [5.74, 6) is -1.11. The summed E-state index contributed by atoms with van der Waals surface area (Å²) in [6.45, 7) is 3.65. The van der Waals surface area contributed by atoms with E-state index < -0.39 is 32.7 Å². The maximum absolute atomic E-state index is 11.9. The predicted octanol–water partition coefficient (Wildman–Crippen LogP) is 2.98. The van der Waals surface area contributed by atoms with E-state index in [2.05, 4.69) is 5.32 Å². The molecule has 130 valence electrons. The minimum atomic E-state index is -1.11. The maximum atomic E-state index is 11.9. The van der Waals surface area contributed by atoms with Gasteiger partial charge in [0.25, 0.3) is 17.3 Å². The summed E-state index contributed by atoms with van der Waals surface area (Å²) in [4.78, 5) is 32.5. The van der Waals surface area contributed by atoms with Gasteiger partial charge in [-0.05, 0) is 37.1 Å². The van der Waals surface area contributed by atoms with E-state index in [-0.39, 0.29) is 5.69 Å². The van der Waals surface area contributed by atoms with Crippen LogP contribution >= 0.6 is 0 Å². The number of non-ortho nitro benzene ring substituents is 1. The van der Waals surface area contributed by atoms with Gasteiger partial charge in [0, 0.05) is 11.8 Å². The highest BCUT2D eigenvalue weighted by molar-refractivity contribution is 6.02. The number of nitrogens with one attached hydrogen (secondary N) is 2. The molecule has 25 heavy (non-hydrogen) atoms. The lowest BCUT2D eigenvalue weighted by Crippen LogP contribution is -2.20. The average Bonchev–Trinajstić information content (AvgIpc) is 2.52. The van der Waals surface area contributed by atoms with E-state index in [1.807, 2.05) is 19.9 Å². The fraction of sp³-hybridized carbons (Fsp3) is 0.133. The van der Waals surface area contributed by atoms with Crippen molar-refractivity contribution in [3.63, 3.8) is 0 Å². The zero-order chi connectivity index (χ0) is 18.7. The fourth-order valence-corrected chi connectivity index (χ4v) is 2.42. The Hall–Kier alpha value is -3.53. The number of anilines is 2. The van der Waals surface area contributed by atoms with E-state index in [9.17, 15) is 25.0 Å². The summed E-state index contributed by atoms with van der Waals surface area (Å²) in [5.41, 5.74) is 1.56. The molecule has 10 nitrogen and oxygen atoms in total. The first-order valence-electron chi connectivity index (χ1n) is 6.99. The first-order chi connectivity index (χ1) is 11.7. The van der Waals surface area contributed by atoms with Crippen LogP contribution in [-0.2, 0) is 0 Å². The van der Waals surface area contributed by atoms with Crippen LogP contribution in [-0.4, -0.2) is 21.0 Å². The normalized spacial score (nSPS) is 10.2. The quantitative estimate of drug-likeness (QED) is 0.428. The molecular weight excluding hydrogens is 332 g/mol. The molecule has 2 aromatic carbocycles. The van der Waals surface area contributed by atoms with Gasteiger partial charge in [0.2, 0.25) is 0 Å². The van der Waals surface area contributed by atoms with Crippen LogP contribution in [0.5, 0.6) is 0 Å². The van der Waals surface area contributed by atoms with E-state index >= 15 is 0 Å². The lowest BCUT2D eigenvalue weighted by molar-refractivity contribution is -0.393. The third-order valence-electron chi connectivity index (χ3n) is 3.35. The highest BCUT2D eigenvalue weighted by Crippen LogP contribution is 2.35. The number of carbonyl (C=O) groups is 1. The fourth-order valence-electron chi connectivity index (χ4n) is 2.42. The number of nitro groups is 2. The molecule has 0 radical (unpaired) electrons. The molecule has 0 spiro atoms. The van der Waals surface area contributed by atoms with Gasteiger partial charge in [-0.1, -0.05) is 6.07 Å². The molecule has 0 bridgehead atoms. The third kappa shape index (κ3) is 3.87. The number of nitro benzene ring substituents is 2.